The zero-order valence-corrected chi connectivity index (χ0v) is 14.2. The second-order valence-electron chi connectivity index (χ2n) is 6.75. The number of benzene rings is 2. The van der Waals surface area contributed by atoms with Gasteiger partial charge in [0.2, 0.25) is 0 Å². The number of nitrogens with zero attached hydrogens (tertiary/aromatic N) is 1. The molecule has 23 heavy (non-hydrogen) atoms. The molecule has 2 aromatic carbocycles. The van der Waals surface area contributed by atoms with Crippen LogP contribution < -0.4 is 5.32 Å². The molecule has 1 aliphatic heterocycles. The number of likely N-dealkylation sites (tertiary alicyclic amines) is 1. The summed E-state index contributed by atoms with van der Waals surface area (Å²) in [4.78, 5) is 2.58. The van der Waals surface area contributed by atoms with E-state index in [1.165, 1.54) is 54.6 Å². The monoisotopic (exact) mass is 308 g/mol. The number of hydrogen-bond acceptors (Lipinski definition) is 2. The standard InChI is InChI=1S/C21H28N2/c1-18-6-5-7-21(14-18)16-22-15-19-8-10-20(11-9-19)17-23-12-3-2-4-13-23/h5-11,14,22H,2-4,12-13,15-17H2,1H3. The van der Waals surface area contributed by atoms with Crippen molar-refractivity contribution in [2.45, 2.75) is 45.8 Å². The Hall–Kier alpha value is -1.64. The fourth-order valence-corrected chi connectivity index (χ4v) is 3.31. The Kier molecular flexibility index (Phi) is 5.84. The van der Waals surface area contributed by atoms with Crippen LogP contribution in [0.3, 0.4) is 0 Å². The van der Waals surface area contributed by atoms with E-state index in [1.54, 1.807) is 0 Å². The molecule has 1 aliphatic rings. The Labute approximate surface area is 140 Å². The first-order valence-corrected chi connectivity index (χ1v) is 8.86. The molecular weight excluding hydrogens is 280 g/mol. The Bertz CT molecular complexity index is 597. The lowest BCUT2D eigenvalue weighted by Crippen LogP contribution is -2.29. The molecule has 2 aromatic rings. The summed E-state index contributed by atoms with van der Waals surface area (Å²) in [6.45, 7) is 7.64. The van der Waals surface area contributed by atoms with Gasteiger partial charge in [-0.15, -0.1) is 0 Å². The van der Waals surface area contributed by atoms with Crippen LogP contribution >= 0.6 is 0 Å². The number of nitrogens with one attached hydrogen (secondary N) is 1. The highest BCUT2D eigenvalue weighted by atomic mass is 15.1. The summed E-state index contributed by atoms with van der Waals surface area (Å²) < 4.78 is 0. The molecule has 1 saturated heterocycles. The molecule has 2 nitrogen and oxygen atoms in total. The minimum Gasteiger partial charge on any atom is -0.309 e. The lowest BCUT2D eigenvalue weighted by Gasteiger charge is -2.26. The Morgan fingerprint density at radius 2 is 1.52 bits per heavy atom. The van der Waals surface area contributed by atoms with Crippen LogP contribution in [0.2, 0.25) is 0 Å². The van der Waals surface area contributed by atoms with E-state index in [2.05, 4.69) is 65.7 Å². The third-order valence-corrected chi connectivity index (χ3v) is 4.62. The molecular formula is C21H28N2. The fraction of sp³-hybridized carbons (Fsp3) is 0.429. The van der Waals surface area contributed by atoms with Crippen molar-refractivity contribution in [2.75, 3.05) is 13.1 Å². The van der Waals surface area contributed by atoms with E-state index in [-0.39, 0.29) is 0 Å². The van der Waals surface area contributed by atoms with Crippen molar-refractivity contribution >= 4 is 0 Å². The fourth-order valence-electron chi connectivity index (χ4n) is 3.31. The van der Waals surface area contributed by atoms with Crippen molar-refractivity contribution in [3.63, 3.8) is 0 Å². The molecule has 3 rings (SSSR count). The van der Waals surface area contributed by atoms with Gasteiger partial charge in [-0.25, -0.2) is 0 Å². The van der Waals surface area contributed by atoms with Gasteiger partial charge in [-0.2, -0.15) is 0 Å². The SMILES string of the molecule is Cc1cccc(CNCc2ccc(CN3CCCCC3)cc2)c1. The molecule has 0 bridgehead atoms. The summed E-state index contributed by atoms with van der Waals surface area (Å²) in [5.41, 5.74) is 5.48. The highest BCUT2D eigenvalue weighted by molar-refractivity contribution is 5.24. The lowest BCUT2D eigenvalue weighted by atomic mass is 10.1. The van der Waals surface area contributed by atoms with Gasteiger partial charge in [0.25, 0.3) is 0 Å². The molecule has 0 amide bonds. The van der Waals surface area contributed by atoms with Gasteiger partial charge < -0.3 is 5.32 Å². The van der Waals surface area contributed by atoms with E-state index in [9.17, 15) is 0 Å². The maximum absolute atomic E-state index is 3.54. The maximum atomic E-state index is 3.54. The van der Waals surface area contributed by atoms with Gasteiger partial charge in [-0.1, -0.05) is 60.5 Å². The van der Waals surface area contributed by atoms with Crippen molar-refractivity contribution in [1.29, 1.82) is 0 Å². The van der Waals surface area contributed by atoms with E-state index in [0.717, 1.165) is 19.6 Å². The molecule has 0 aliphatic carbocycles. The van der Waals surface area contributed by atoms with Gasteiger partial charge in [0, 0.05) is 19.6 Å². The summed E-state index contributed by atoms with van der Waals surface area (Å²) in [6.07, 6.45) is 4.13. The number of aryl methyl sites for hydroxylation is 1. The van der Waals surface area contributed by atoms with Crippen LogP contribution in [-0.2, 0) is 19.6 Å². The van der Waals surface area contributed by atoms with E-state index in [0.29, 0.717) is 0 Å². The summed E-state index contributed by atoms with van der Waals surface area (Å²) in [7, 11) is 0. The van der Waals surface area contributed by atoms with Crippen LogP contribution in [0.5, 0.6) is 0 Å². The van der Waals surface area contributed by atoms with Gasteiger partial charge in [0.1, 0.15) is 0 Å². The molecule has 1 N–H and O–H groups in total. The Morgan fingerprint density at radius 3 is 2.26 bits per heavy atom. The molecule has 0 unspecified atom stereocenters. The molecule has 0 spiro atoms. The number of piperidine rings is 1. The van der Waals surface area contributed by atoms with Crippen molar-refractivity contribution < 1.29 is 0 Å². The van der Waals surface area contributed by atoms with E-state index in [4.69, 9.17) is 0 Å². The summed E-state index contributed by atoms with van der Waals surface area (Å²) in [6, 6.07) is 17.8. The normalized spacial score (nSPS) is 15.7. The van der Waals surface area contributed by atoms with Crippen molar-refractivity contribution in [2.24, 2.45) is 0 Å². The van der Waals surface area contributed by atoms with Gasteiger partial charge in [-0.3, -0.25) is 4.90 Å². The summed E-state index contributed by atoms with van der Waals surface area (Å²) in [5, 5.41) is 3.54. The van der Waals surface area contributed by atoms with Gasteiger partial charge in [-0.05, 0) is 49.5 Å². The first-order chi connectivity index (χ1) is 11.3. The van der Waals surface area contributed by atoms with Crippen molar-refractivity contribution in [1.82, 2.24) is 10.2 Å². The highest BCUT2D eigenvalue weighted by Gasteiger charge is 2.10. The minimum absolute atomic E-state index is 0.928. The second kappa shape index (κ2) is 8.28. The van der Waals surface area contributed by atoms with Crippen LogP contribution in [0.25, 0.3) is 0 Å². The minimum atomic E-state index is 0.928. The van der Waals surface area contributed by atoms with Gasteiger partial charge in [0.15, 0.2) is 0 Å². The third kappa shape index (κ3) is 5.19. The smallest absolute Gasteiger partial charge is 0.0233 e. The first kappa shape index (κ1) is 16.2. The van der Waals surface area contributed by atoms with Crippen LogP contribution in [0.15, 0.2) is 48.5 Å². The summed E-state index contributed by atoms with van der Waals surface area (Å²) >= 11 is 0. The molecule has 122 valence electrons. The van der Waals surface area contributed by atoms with Crippen LogP contribution in [0.4, 0.5) is 0 Å². The summed E-state index contributed by atoms with van der Waals surface area (Å²) in [5.74, 6) is 0. The second-order valence-corrected chi connectivity index (χ2v) is 6.75. The third-order valence-electron chi connectivity index (χ3n) is 4.62. The quantitative estimate of drug-likeness (QED) is 0.857. The molecule has 0 atom stereocenters. The lowest BCUT2D eigenvalue weighted by molar-refractivity contribution is 0.221. The predicted octanol–water partition coefficient (Wildman–Crippen LogP) is 4.27. The highest BCUT2D eigenvalue weighted by Crippen LogP contribution is 2.13. The predicted molar refractivity (Wildman–Crippen MR) is 97.3 cm³/mol. The topological polar surface area (TPSA) is 15.3 Å². The number of hydrogen-bond donors (Lipinski definition) is 1. The molecule has 1 heterocycles. The average molecular weight is 308 g/mol. The zero-order valence-electron chi connectivity index (χ0n) is 14.2. The Balaban J connectivity index is 1.45. The first-order valence-electron chi connectivity index (χ1n) is 8.86. The largest absolute Gasteiger partial charge is 0.309 e. The molecule has 0 aromatic heterocycles. The van der Waals surface area contributed by atoms with Crippen molar-refractivity contribution in [3.8, 4) is 0 Å². The van der Waals surface area contributed by atoms with Gasteiger partial charge >= 0.3 is 0 Å². The van der Waals surface area contributed by atoms with E-state index >= 15 is 0 Å². The van der Waals surface area contributed by atoms with Crippen LogP contribution in [0.1, 0.15) is 41.5 Å². The number of rotatable bonds is 6. The Morgan fingerprint density at radius 1 is 0.826 bits per heavy atom. The molecule has 1 fully saturated rings. The molecule has 0 saturated carbocycles. The van der Waals surface area contributed by atoms with Crippen LogP contribution in [0, 0.1) is 6.92 Å². The van der Waals surface area contributed by atoms with Crippen molar-refractivity contribution in [3.05, 3.63) is 70.8 Å². The molecule has 0 radical (unpaired) electrons. The zero-order chi connectivity index (χ0) is 15.9. The van der Waals surface area contributed by atoms with E-state index in [1.807, 2.05) is 0 Å². The molecule has 2 heteroatoms. The average Bonchev–Trinajstić information content (AvgIpc) is 2.58. The van der Waals surface area contributed by atoms with Crippen LogP contribution in [-0.4, -0.2) is 18.0 Å². The van der Waals surface area contributed by atoms with Gasteiger partial charge in [0.05, 0.1) is 0 Å². The maximum Gasteiger partial charge on any atom is 0.0233 e. The van der Waals surface area contributed by atoms with E-state index < -0.39 is 0 Å².